The van der Waals surface area contributed by atoms with Crippen LogP contribution in [0, 0.1) is 18.8 Å². The van der Waals surface area contributed by atoms with Crippen LogP contribution in [0.2, 0.25) is 0 Å². The number of aliphatic hydroxyl groups is 1. The number of phenolic OH excluding ortho intramolecular Hbond substituents is 1. The van der Waals surface area contributed by atoms with Crippen molar-refractivity contribution in [3.8, 4) is 17.6 Å². The van der Waals surface area contributed by atoms with Gasteiger partial charge in [-0.05, 0) is 37.3 Å². The molecule has 0 saturated carbocycles. The number of phenols is 1. The highest BCUT2D eigenvalue weighted by atomic mass is 16.3. The molecule has 0 fully saturated rings. The molecule has 2 aromatic carbocycles. The first-order chi connectivity index (χ1) is 10.1. The van der Waals surface area contributed by atoms with Crippen LogP contribution in [0.25, 0.3) is 0 Å². The monoisotopic (exact) mass is 281 g/mol. The molecule has 0 saturated heterocycles. The molecule has 4 nitrogen and oxygen atoms in total. The second kappa shape index (κ2) is 6.60. The third kappa shape index (κ3) is 3.85. The Morgan fingerprint density at radius 1 is 1.24 bits per heavy atom. The Morgan fingerprint density at radius 2 is 2.05 bits per heavy atom. The summed E-state index contributed by atoms with van der Waals surface area (Å²) in [6, 6.07) is 11.8. The second-order valence-electron chi connectivity index (χ2n) is 4.52. The smallest absolute Gasteiger partial charge is 0.259 e. The van der Waals surface area contributed by atoms with E-state index in [-0.39, 0.29) is 23.8 Å². The van der Waals surface area contributed by atoms with Gasteiger partial charge in [-0.1, -0.05) is 29.5 Å². The number of carbonyl (C=O) groups is 1. The van der Waals surface area contributed by atoms with Gasteiger partial charge in [0.05, 0.1) is 5.56 Å². The number of nitrogens with one attached hydrogen (secondary N) is 1. The van der Waals surface area contributed by atoms with Crippen LogP contribution < -0.4 is 5.32 Å². The minimum atomic E-state index is -0.386. The van der Waals surface area contributed by atoms with Crippen molar-refractivity contribution < 1.29 is 15.0 Å². The number of rotatable bonds is 2. The number of aromatic hydroxyl groups is 1. The number of hydrogen-bond acceptors (Lipinski definition) is 3. The number of aryl methyl sites for hydroxylation is 1. The van der Waals surface area contributed by atoms with Crippen molar-refractivity contribution in [1.29, 1.82) is 0 Å². The topological polar surface area (TPSA) is 69.6 Å². The average molecular weight is 281 g/mol. The van der Waals surface area contributed by atoms with Crippen molar-refractivity contribution >= 4 is 11.6 Å². The Kier molecular flexibility index (Phi) is 4.60. The molecule has 0 spiro atoms. The van der Waals surface area contributed by atoms with E-state index in [0.717, 1.165) is 5.56 Å². The average Bonchev–Trinajstić information content (AvgIpc) is 2.48. The summed E-state index contributed by atoms with van der Waals surface area (Å²) < 4.78 is 0. The molecule has 0 aromatic heterocycles. The van der Waals surface area contributed by atoms with Gasteiger partial charge in [-0.2, -0.15) is 0 Å². The summed E-state index contributed by atoms with van der Waals surface area (Å²) in [5.74, 6) is 4.87. The second-order valence-corrected chi connectivity index (χ2v) is 4.52. The molecule has 0 unspecified atom stereocenters. The number of benzene rings is 2. The maximum atomic E-state index is 12.2. The highest BCUT2D eigenvalue weighted by molar-refractivity contribution is 6.06. The first kappa shape index (κ1) is 14.6. The normalized spacial score (nSPS) is 9.62. The van der Waals surface area contributed by atoms with Gasteiger partial charge in [0.15, 0.2) is 0 Å². The molecule has 0 bridgehead atoms. The quantitative estimate of drug-likeness (QED) is 0.740. The van der Waals surface area contributed by atoms with Gasteiger partial charge in [-0.3, -0.25) is 4.79 Å². The Hall–Kier alpha value is -2.77. The minimum absolute atomic E-state index is 0.0608. The van der Waals surface area contributed by atoms with E-state index in [4.69, 9.17) is 5.11 Å². The highest BCUT2D eigenvalue weighted by Gasteiger charge is 2.11. The van der Waals surface area contributed by atoms with Crippen molar-refractivity contribution in [3.05, 3.63) is 59.2 Å². The van der Waals surface area contributed by atoms with E-state index in [9.17, 15) is 9.90 Å². The summed E-state index contributed by atoms with van der Waals surface area (Å²) >= 11 is 0. The minimum Gasteiger partial charge on any atom is -0.507 e. The Bertz CT molecular complexity index is 726. The van der Waals surface area contributed by atoms with Crippen molar-refractivity contribution in [2.24, 2.45) is 0 Å². The van der Waals surface area contributed by atoms with E-state index in [1.165, 1.54) is 6.07 Å². The largest absolute Gasteiger partial charge is 0.507 e. The standard InChI is InChI=1S/C17H15NO3/c1-12-7-8-16(20)15(10-12)17(21)18-14-6-2-4-13(11-14)5-3-9-19/h2,4,6-8,10-11,19-20H,9H2,1H3,(H,18,21). The molecule has 0 aliphatic carbocycles. The van der Waals surface area contributed by atoms with Crippen LogP contribution >= 0.6 is 0 Å². The summed E-state index contributed by atoms with van der Waals surface area (Å²) in [7, 11) is 0. The van der Waals surface area contributed by atoms with E-state index in [2.05, 4.69) is 17.2 Å². The van der Waals surface area contributed by atoms with Crippen LogP contribution in [-0.2, 0) is 0 Å². The maximum Gasteiger partial charge on any atom is 0.259 e. The van der Waals surface area contributed by atoms with E-state index < -0.39 is 0 Å². The van der Waals surface area contributed by atoms with Crippen molar-refractivity contribution in [2.75, 3.05) is 11.9 Å². The van der Waals surface area contributed by atoms with E-state index in [1.807, 2.05) is 6.92 Å². The van der Waals surface area contributed by atoms with Crippen LogP contribution in [0.5, 0.6) is 5.75 Å². The molecule has 106 valence electrons. The predicted octanol–water partition coefficient (Wildman–Crippen LogP) is 2.30. The van der Waals surface area contributed by atoms with E-state index in [1.54, 1.807) is 36.4 Å². The number of amides is 1. The molecular weight excluding hydrogens is 266 g/mol. The van der Waals surface area contributed by atoms with E-state index >= 15 is 0 Å². The van der Waals surface area contributed by atoms with Gasteiger partial charge in [0, 0.05) is 11.3 Å². The van der Waals surface area contributed by atoms with E-state index in [0.29, 0.717) is 11.3 Å². The molecule has 2 rings (SSSR count). The number of anilines is 1. The molecule has 0 aliphatic heterocycles. The highest BCUT2D eigenvalue weighted by Crippen LogP contribution is 2.20. The van der Waals surface area contributed by atoms with Crippen LogP contribution in [0.15, 0.2) is 42.5 Å². The zero-order chi connectivity index (χ0) is 15.2. The zero-order valence-corrected chi connectivity index (χ0v) is 11.6. The number of aliphatic hydroxyl groups excluding tert-OH is 1. The summed E-state index contributed by atoms with van der Waals surface area (Å²) in [4.78, 5) is 12.2. The van der Waals surface area contributed by atoms with Gasteiger partial charge in [0.25, 0.3) is 5.91 Å². The third-order valence-electron chi connectivity index (χ3n) is 2.83. The lowest BCUT2D eigenvalue weighted by Gasteiger charge is -2.08. The van der Waals surface area contributed by atoms with Crippen LogP contribution in [0.1, 0.15) is 21.5 Å². The summed E-state index contributed by atoms with van der Waals surface area (Å²) in [6.45, 7) is 1.63. The maximum absolute atomic E-state index is 12.2. The fourth-order valence-corrected chi connectivity index (χ4v) is 1.85. The molecule has 0 aliphatic rings. The fraction of sp³-hybridized carbons (Fsp3) is 0.118. The third-order valence-corrected chi connectivity index (χ3v) is 2.83. The Balaban J connectivity index is 2.21. The Labute approximate surface area is 123 Å². The lowest BCUT2D eigenvalue weighted by Crippen LogP contribution is -2.12. The van der Waals surface area contributed by atoms with Crippen LogP contribution in [0.3, 0.4) is 0 Å². The van der Waals surface area contributed by atoms with Crippen molar-refractivity contribution in [1.82, 2.24) is 0 Å². The molecule has 1 amide bonds. The summed E-state index contributed by atoms with van der Waals surface area (Å²) in [6.07, 6.45) is 0. The molecule has 21 heavy (non-hydrogen) atoms. The van der Waals surface area contributed by atoms with Gasteiger partial charge < -0.3 is 15.5 Å². The first-order valence-corrected chi connectivity index (χ1v) is 6.41. The summed E-state index contributed by atoms with van der Waals surface area (Å²) in [5, 5.41) is 21.1. The molecule has 4 heteroatoms. The molecular formula is C17H15NO3. The van der Waals surface area contributed by atoms with Crippen molar-refractivity contribution in [2.45, 2.75) is 6.92 Å². The predicted molar refractivity (Wildman–Crippen MR) is 81.2 cm³/mol. The first-order valence-electron chi connectivity index (χ1n) is 6.41. The molecule has 0 heterocycles. The van der Waals surface area contributed by atoms with Gasteiger partial charge in [-0.15, -0.1) is 0 Å². The van der Waals surface area contributed by atoms with Crippen LogP contribution in [0.4, 0.5) is 5.69 Å². The fourth-order valence-electron chi connectivity index (χ4n) is 1.85. The van der Waals surface area contributed by atoms with Crippen molar-refractivity contribution in [3.63, 3.8) is 0 Å². The van der Waals surface area contributed by atoms with Gasteiger partial charge in [0.2, 0.25) is 0 Å². The van der Waals surface area contributed by atoms with Gasteiger partial charge in [0.1, 0.15) is 12.4 Å². The van der Waals surface area contributed by atoms with Gasteiger partial charge >= 0.3 is 0 Å². The molecule has 0 radical (unpaired) electrons. The van der Waals surface area contributed by atoms with Crippen LogP contribution in [-0.4, -0.2) is 22.7 Å². The number of hydrogen-bond donors (Lipinski definition) is 3. The zero-order valence-electron chi connectivity index (χ0n) is 11.6. The lowest BCUT2D eigenvalue weighted by atomic mass is 10.1. The molecule has 3 N–H and O–H groups in total. The molecule has 0 atom stereocenters. The lowest BCUT2D eigenvalue weighted by molar-refractivity contribution is 0.102. The molecule has 2 aromatic rings. The Morgan fingerprint density at radius 3 is 2.81 bits per heavy atom. The SMILES string of the molecule is Cc1ccc(O)c(C(=O)Nc2cccc(C#CCO)c2)c1. The summed E-state index contributed by atoms with van der Waals surface area (Å²) in [5.41, 5.74) is 2.38. The number of carbonyl (C=O) groups excluding carboxylic acids is 1. The van der Waals surface area contributed by atoms with Gasteiger partial charge in [-0.25, -0.2) is 0 Å².